The molecule has 0 radical (unpaired) electrons. The molecule has 0 aliphatic carbocycles. The molecule has 5 nitrogen and oxygen atoms in total. The number of carbonyl (C=O) groups excluding carboxylic acids is 2. The highest BCUT2D eigenvalue weighted by molar-refractivity contribution is 7.99. The normalized spacial score (nSPS) is 13.3. The van der Waals surface area contributed by atoms with Crippen molar-refractivity contribution in [3.8, 4) is 0 Å². The molecule has 1 amide bonds. The molecule has 0 bridgehead atoms. The number of amides is 1. The fourth-order valence-electron chi connectivity index (χ4n) is 1.53. The van der Waals surface area contributed by atoms with E-state index in [4.69, 9.17) is 21.1 Å². The van der Waals surface area contributed by atoms with Gasteiger partial charge in [-0.05, 0) is 65.9 Å². The summed E-state index contributed by atoms with van der Waals surface area (Å²) in [6.45, 7) is 10.7. The van der Waals surface area contributed by atoms with Crippen molar-refractivity contribution in [2.75, 3.05) is 17.4 Å². The van der Waals surface area contributed by atoms with Gasteiger partial charge in [-0.1, -0.05) is 0 Å². The van der Waals surface area contributed by atoms with E-state index >= 15 is 0 Å². The average molecular weight is 368 g/mol. The number of esters is 1. The van der Waals surface area contributed by atoms with Crippen LogP contribution in [0.1, 0.15) is 54.4 Å². The van der Waals surface area contributed by atoms with Gasteiger partial charge in [-0.3, -0.25) is 0 Å². The van der Waals surface area contributed by atoms with Crippen LogP contribution in [-0.2, 0) is 14.3 Å². The van der Waals surface area contributed by atoms with Gasteiger partial charge >= 0.3 is 12.1 Å². The van der Waals surface area contributed by atoms with Gasteiger partial charge in [-0.2, -0.15) is 11.8 Å². The van der Waals surface area contributed by atoms with E-state index < -0.39 is 29.3 Å². The fourth-order valence-corrected chi connectivity index (χ4v) is 2.78. The molecule has 0 aromatic carbocycles. The van der Waals surface area contributed by atoms with Crippen LogP contribution in [0, 0.1) is 0 Å². The summed E-state index contributed by atoms with van der Waals surface area (Å²) in [7, 11) is 0. The highest BCUT2D eigenvalue weighted by Gasteiger charge is 2.28. The van der Waals surface area contributed by atoms with Gasteiger partial charge in [-0.25, -0.2) is 9.59 Å². The first kappa shape index (κ1) is 22.4. The number of alkyl carbamates (subject to hydrolysis) is 1. The van der Waals surface area contributed by atoms with Crippen LogP contribution in [0.2, 0.25) is 0 Å². The number of hydrogen-bond acceptors (Lipinski definition) is 5. The van der Waals surface area contributed by atoms with Gasteiger partial charge in [0.25, 0.3) is 0 Å². The lowest BCUT2D eigenvalue weighted by Crippen LogP contribution is -2.46. The Kier molecular flexibility index (Phi) is 10.0. The third-order valence-electron chi connectivity index (χ3n) is 2.36. The Bertz CT molecular complexity index is 377. The Labute approximate surface area is 149 Å². The summed E-state index contributed by atoms with van der Waals surface area (Å²) in [6.07, 6.45) is 0.795. The molecule has 0 saturated carbocycles. The van der Waals surface area contributed by atoms with E-state index in [2.05, 4.69) is 5.32 Å². The Hall–Kier alpha value is -0.620. The molecule has 136 valence electrons. The van der Waals surface area contributed by atoms with Crippen LogP contribution in [-0.4, -0.2) is 46.7 Å². The summed E-state index contributed by atoms with van der Waals surface area (Å²) in [5, 5.41) is 2.61. The zero-order valence-electron chi connectivity index (χ0n) is 15.0. The number of alkyl halides is 1. The highest BCUT2D eigenvalue weighted by Crippen LogP contribution is 2.14. The quantitative estimate of drug-likeness (QED) is 0.399. The van der Waals surface area contributed by atoms with Gasteiger partial charge in [0.1, 0.15) is 17.2 Å². The number of ether oxygens (including phenoxy) is 2. The summed E-state index contributed by atoms with van der Waals surface area (Å²) in [5.74, 6) is 1.84. The number of hydrogen-bond donors (Lipinski definition) is 1. The molecule has 23 heavy (non-hydrogen) atoms. The van der Waals surface area contributed by atoms with E-state index in [0.717, 1.165) is 17.9 Å². The molecular formula is C16H30ClNO4S. The molecule has 0 unspecified atom stereocenters. The maximum absolute atomic E-state index is 12.3. The second-order valence-corrected chi connectivity index (χ2v) is 8.78. The maximum atomic E-state index is 12.3. The molecule has 0 spiro atoms. The summed E-state index contributed by atoms with van der Waals surface area (Å²) in [6, 6.07) is -0.715. The zero-order chi connectivity index (χ0) is 18.1. The minimum atomic E-state index is -0.715. The minimum absolute atomic E-state index is 0.443. The highest BCUT2D eigenvalue weighted by atomic mass is 35.5. The Morgan fingerprint density at radius 3 is 2.09 bits per heavy atom. The zero-order valence-corrected chi connectivity index (χ0v) is 16.6. The van der Waals surface area contributed by atoms with E-state index in [0.29, 0.717) is 12.3 Å². The van der Waals surface area contributed by atoms with Crippen LogP contribution in [0.4, 0.5) is 4.79 Å². The van der Waals surface area contributed by atoms with Crippen LogP contribution in [0.5, 0.6) is 0 Å². The van der Waals surface area contributed by atoms with E-state index in [9.17, 15) is 9.59 Å². The molecule has 0 aliphatic rings. The van der Waals surface area contributed by atoms with Crippen molar-refractivity contribution < 1.29 is 19.1 Å². The third kappa shape index (κ3) is 13.5. The van der Waals surface area contributed by atoms with E-state index in [1.54, 1.807) is 53.3 Å². The molecule has 0 aliphatic heterocycles. The molecule has 0 heterocycles. The molecule has 0 rings (SSSR count). The van der Waals surface area contributed by atoms with Crippen molar-refractivity contribution >= 4 is 35.4 Å². The Balaban J connectivity index is 4.60. The van der Waals surface area contributed by atoms with Crippen molar-refractivity contribution in [3.63, 3.8) is 0 Å². The third-order valence-corrected chi connectivity index (χ3v) is 3.72. The number of nitrogens with one attached hydrogen (secondary N) is 1. The average Bonchev–Trinajstić information content (AvgIpc) is 2.32. The molecule has 7 heteroatoms. The standard InChI is InChI=1S/C16H30ClNO4S/c1-15(2,3)21-13(19)12(8-11-23-10-7-9-17)18-14(20)22-16(4,5)6/h12H,7-11H2,1-6H3,(H,18,20)/t12-/m1/s1. The summed E-state index contributed by atoms with van der Waals surface area (Å²) in [4.78, 5) is 24.2. The van der Waals surface area contributed by atoms with Crippen molar-refractivity contribution in [2.24, 2.45) is 0 Å². The number of rotatable bonds is 8. The predicted molar refractivity (Wildman–Crippen MR) is 96.3 cm³/mol. The second kappa shape index (κ2) is 10.3. The first-order valence-corrected chi connectivity index (χ1v) is 9.49. The van der Waals surface area contributed by atoms with Crippen LogP contribution in [0.25, 0.3) is 0 Å². The predicted octanol–water partition coefficient (Wildman–Crippen LogP) is 3.97. The molecule has 0 aromatic rings. The van der Waals surface area contributed by atoms with Crippen LogP contribution in [0.3, 0.4) is 0 Å². The SMILES string of the molecule is CC(C)(C)OC(=O)N[C@H](CCSCCCCl)C(=O)OC(C)(C)C. The molecule has 1 N–H and O–H groups in total. The summed E-state index contributed by atoms with van der Waals surface area (Å²) in [5.41, 5.74) is -1.21. The van der Waals surface area contributed by atoms with E-state index in [1.165, 1.54) is 0 Å². The van der Waals surface area contributed by atoms with E-state index in [1.807, 2.05) is 0 Å². The van der Waals surface area contributed by atoms with Gasteiger partial charge in [0.15, 0.2) is 0 Å². The van der Waals surface area contributed by atoms with Gasteiger partial charge < -0.3 is 14.8 Å². The summed E-state index contributed by atoms with van der Waals surface area (Å²) >= 11 is 7.33. The van der Waals surface area contributed by atoms with Crippen LogP contribution >= 0.6 is 23.4 Å². The Morgan fingerprint density at radius 2 is 1.61 bits per heavy atom. The van der Waals surface area contributed by atoms with Crippen molar-refractivity contribution in [2.45, 2.75) is 71.6 Å². The van der Waals surface area contributed by atoms with Gasteiger partial charge in [0.05, 0.1) is 0 Å². The smallest absolute Gasteiger partial charge is 0.408 e. The fraction of sp³-hybridized carbons (Fsp3) is 0.875. The van der Waals surface area contributed by atoms with Crippen molar-refractivity contribution in [1.82, 2.24) is 5.32 Å². The van der Waals surface area contributed by atoms with Crippen molar-refractivity contribution in [1.29, 1.82) is 0 Å². The van der Waals surface area contributed by atoms with Crippen LogP contribution in [0.15, 0.2) is 0 Å². The molecule has 0 saturated heterocycles. The van der Waals surface area contributed by atoms with Crippen molar-refractivity contribution in [3.05, 3.63) is 0 Å². The monoisotopic (exact) mass is 367 g/mol. The number of thioether (sulfide) groups is 1. The Morgan fingerprint density at radius 1 is 1.04 bits per heavy atom. The van der Waals surface area contributed by atoms with E-state index in [-0.39, 0.29) is 0 Å². The van der Waals surface area contributed by atoms with Crippen LogP contribution < -0.4 is 5.32 Å². The number of carbonyl (C=O) groups is 2. The first-order chi connectivity index (χ1) is 10.4. The lowest BCUT2D eigenvalue weighted by atomic mass is 10.1. The minimum Gasteiger partial charge on any atom is -0.458 e. The van der Waals surface area contributed by atoms with Gasteiger partial charge in [0.2, 0.25) is 0 Å². The van der Waals surface area contributed by atoms with Gasteiger partial charge in [0, 0.05) is 5.88 Å². The summed E-state index contributed by atoms with van der Waals surface area (Å²) < 4.78 is 10.6. The molecule has 0 fully saturated rings. The van der Waals surface area contributed by atoms with Gasteiger partial charge in [-0.15, -0.1) is 11.6 Å². The largest absolute Gasteiger partial charge is 0.458 e. The topological polar surface area (TPSA) is 64.6 Å². The molecular weight excluding hydrogens is 338 g/mol. The second-order valence-electron chi connectivity index (χ2n) is 7.18. The lowest BCUT2D eigenvalue weighted by molar-refractivity contribution is -0.157. The first-order valence-electron chi connectivity index (χ1n) is 7.80. The molecule has 1 atom stereocenters. The maximum Gasteiger partial charge on any atom is 0.408 e. The number of halogens is 1. The molecule has 0 aromatic heterocycles. The lowest BCUT2D eigenvalue weighted by Gasteiger charge is -2.26.